The molecule has 2 rings (SSSR count). The Hall–Kier alpha value is -2.08. The molecule has 0 saturated carbocycles. The highest BCUT2D eigenvalue weighted by Crippen LogP contribution is 2.20. The topological polar surface area (TPSA) is 78.7 Å². The van der Waals surface area contributed by atoms with Crippen molar-refractivity contribution < 1.29 is 9.59 Å². The minimum atomic E-state index is -0.134. The highest BCUT2D eigenvalue weighted by Gasteiger charge is 2.31. The Kier molecular flexibility index (Phi) is 8.58. The van der Waals surface area contributed by atoms with Crippen LogP contribution in [0.2, 0.25) is 0 Å². The maximum absolute atomic E-state index is 13.2. The van der Waals surface area contributed by atoms with Crippen molar-refractivity contribution >= 4 is 11.9 Å². The first-order valence-electron chi connectivity index (χ1n) is 10.1. The lowest BCUT2D eigenvalue weighted by Crippen LogP contribution is -2.50. The van der Waals surface area contributed by atoms with Crippen LogP contribution >= 0.6 is 0 Å². The molecule has 1 fully saturated rings. The maximum atomic E-state index is 13.2. The number of amides is 3. The van der Waals surface area contributed by atoms with Gasteiger partial charge in [0.15, 0.2) is 0 Å². The van der Waals surface area contributed by atoms with Crippen LogP contribution in [-0.2, 0) is 11.3 Å². The fourth-order valence-corrected chi connectivity index (χ4v) is 3.38. The third-order valence-electron chi connectivity index (χ3n) is 4.88. The van der Waals surface area contributed by atoms with Gasteiger partial charge < -0.3 is 20.9 Å². The van der Waals surface area contributed by atoms with Crippen molar-refractivity contribution in [3.63, 3.8) is 0 Å². The summed E-state index contributed by atoms with van der Waals surface area (Å²) in [4.78, 5) is 29.2. The van der Waals surface area contributed by atoms with Crippen molar-refractivity contribution in [1.29, 1.82) is 0 Å². The van der Waals surface area contributed by atoms with Gasteiger partial charge >= 0.3 is 6.03 Å². The summed E-state index contributed by atoms with van der Waals surface area (Å²) in [5, 5.41) is 2.96. The van der Waals surface area contributed by atoms with E-state index in [0.29, 0.717) is 38.6 Å². The van der Waals surface area contributed by atoms with Crippen LogP contribution in [0.3, 0.4) is 0 Å². The van der Waals surface area contributed by atoms with Gasteiger partial charge in [-0.05, 0) is 37.3 Å². The molecule has 1 heterocycles. The van der Waals surface area contributed by atoms with E-state index in [0.717, 1.165) is 31.4 Å². The number of carbonyl (C=O) groups is 2. The zero-order valence-corrected chi connectivity index (χ0v) is 16.7. The van der Waals surface area contributed by atoms with E-state index in [2.05, 4.69) is 19.2 Å². The number of benzene rings is 1. The van der Waals surface area contributed by atoms with Gasteiger partial charge in [-0.1, -0.05) is 44.2 Å². The van der Waals surface area contributed by atoms with Gasteiger partial charge in [0, 0.05) is 32.7 Å². The first-order valence-corrected chi connectivity index (χ1v) is 10.1. The largest absolute Gasteiger partial charge is 0.338 e. The first-order chi connectivity index (χ1) is 13.0. The second-order valence-electron chi connectivity index (χ2n) is 7.75. The highest BCUT2D eigenvalue weighted by atomic mass is 16.2. The molecule has 3 amide bonds. The lowest BCUT2D eigenvalue weighted by atomic mass is 9.96. The van der Waals surface area contributed by atoms with Gasteiger partial charge in [-0.2, -0.15) is 0 Å². The molecule has 0 radical (unpaired) electrons. The number of carbonyl (C=O) groups excluding carboxylic acids is 2. The Labute approximate surface area is 163 Å². The number of likely N-dealkylation sites (tertiary alicyclic amines) is 1. The molecule has 150 valence electrons. The molecule has 6 heteroatoms. The molecule has 0 spiro atoms. The molecule has 1 aliphatic heterocycles. The molecule has 0 aliphatic carbocycles. The normalized spacial score (nSPS) is 17.0. The average Bonchev–Trinajstić information content (AvgIpc) is 2.69. The summed E-state index contributed by atoms with van der Waals surface area (Å²) in [6, 6.07) is 9.97. The Morgan fingerprint density at radius 3 is 2.70 bits per heavy atom. The smallest absolute Gasteiger partial charge is 0.317 e. The lowest BCUT2D eigenvalue weighted by molar-refractivity contribution is -0.137. The summed E-state index contributed by atoms with van der Waals surface area (Å²) in [7, 11) is 0. The van der Waals surface area contributed by atoms with E-state index in [1.54, 1.807) is 4.90 Å². The first kappa shape index (κ1) is 21.2. The third-order valence-corrected chi connectivity index (χ3v) is 4.88. The number of piperidine rings is 1. The summed E-state index contributed by atoms with van der Waals surface area (Å²) in [6.07, 6.45) is 2.48. The molecular formula is C21H34N4O2. The van der Waals surface area contributed by atoms with Crippen molar-refractivity contribution in [2.45, 2.75) is 39.7 Å². The van der Waals surface area contributed by atoms with Crippen LogP contribution in [0.25, 0.3) is 0 Å². The van der Waals surface area contributed by atoms with Crippen LogP contribution in [0.15, 0.2) is 30.3 Å². The van der Waals surface area contributed by atoms with Crippen molar-refractivity contribution in [3.05, 3.63) is 35.9 Å². The standard InChI is InChI=1S/C21H34N4O2/c1-17(2)14-23-21(27)25-12-6-10-19(16-25)20(26)24(13-7-11-22)15-18-8-4-3-5-9-18/h3-5,8-9,17,19H,6-7,10-16,22H2,1-2H3,(H,23,27). The van der Waals surface area contributed by atoms with Crippen LogP contribution in [-0.4, -0.2) is 54.5 Å². The zero-order chi connectivity index (χ0) is 19.6. The van der Waals surface area contributed by atoms with Gasteiger partial charge in [-0.25, -0.2) is 4.79 Å². The van der Waals surface area contributed by atoms with Crippen LogP contribution in [0, 0.1) is 11.8 Å². The monoisotopic (exact) mass is 374 g/mol. The molecule has 1 aromatic rings. The Bertz CT molecular complexity index is 591. The van der Waals surface area contributed by atoms with Gasteiger partial charge in [0.25, 0.3) is 0 Å². The summed E-state index contributed by atoms with van der Waals surface area (Å²) in [5.74, 6) is 0.410. The molecule has 0 aromatic heterocycles. The average molecular weight is 375 g/mol. The van der Waals surface area contributed by atoms with E-state index in [9.17, 15) is 9.59 Å². The van der Waals surface area contributed by atoms with Crippen LogP contribution in [0.5, 0.6) is 0 Å². The van der Waals surface area contributed by atoms with Crippen molar-refractivity contribution in [1.82, 2.24) is 15.1 Å². The van der Waals surface area contributed by atoms with Gasteiger partial charge in [-0.3, -0.25) is 4.79 Å². The summed E-state index contributed by atoms with van der Waals surface area (Å²) >= 11 is 0. The predicted octanol–water partition coefficient (Wildman–Crippen LogP) is 2.44. The number of nitrogens with zero attached hydrogens (tertiary/aromatic N) is 2. The molecule has 1 unspecified atom stereocenters. The van der Waals surface area contributed by atoms with E-state index in [1.165, 1.54) is 0 Å². The minimum Gasteiger partial charge on any atom is -0.338 e. The second-order valence-corrected chi connectivity index (χ2v) is 7.75. The maximum Gasteiger partial charge on any atom is 0.317 e. The molecule has 3 N–H and O–H groups in total. The summed E-state index contributed by atoms with van der Waals surface area (Å²) in [5.41, 5.74) is 6.79. The van der Waals surface area contributed by atoms with E-state index in [4.69, 9.17) is 5.73 Å². The number of hydrogen-bond acceptors (Lipinski definition) is 3. The molecule has 1 aromatic carbocycles. The lowest BCUT2D eigenvalue weighted by Gasteiger charge is -2.35. The van der Waals surface area contributed by atoms with E-state index < -0.39 is 0 Å². The zero-order valence-electron chi connectivity index (χ0n) is 16.7. The second kappa shape index (κ2) is 10.9. The van der Waals surface area contributed by atoms with Crippen molar-refractivity contribution in [2.75, 3.05) is 32.7 Å². The number of nitrogens with two attached hydrogens (primary N) is 1. The van der Waals surface area contributed by atoms with Crippen LogP contribution in [0.4, 0.5) is 4.79 Å². The highest BCUT2D eigenvalue weighted by molar-refractivity contribution is 5.81. The molecule has 1 saturated heterocycles. The molecule has 0 bridgehead atoms. The number of urea groups is 1. The fraction of sp³-hybridized carbons (Fsp3) is 0.619. The molecular weight excluding hydrogens is 340 g/mol. The minimum absolute atomic E-state index is 0.0576. The predicted molar refractivity (Wildman–Crippen MR) is 108 cm³/mol. The third kappa shape index (κ3) is 6.86. The van der Waals surface area contributed by atoms with Gasteiger partial charge in [0.2, 0.25) is 5.91 Å². The fourth-order valence-electron chi connectivity index (χ4n) is 3.38. The number of hydrogen-bond donors (Lipinski definition) is 2. The molecule has 6 nitrogen and oxygen atoms in total. The molecule has 1 atom stereocenters. The van der Waals surface area contributed by atoms with E-state index in [-0.39, 0.29) is 17.9 Å². The Morgan fingerprint density at radius 1 is 1.30 bits per heavy atom. The molecule has 1 aliphatic rings. The van der Waals surface area contributed by atoms with Gasteiger partial charge in [-0.15, -0.1) is 0 Å². The van der Waals surface area contributed by atoms with Crippen molar-refractivity contribution in [2.24, 2.45) is 17.6 Å². The Balaban J connectivity index is 1.99. The van der Waals surface area contributed by atoms with Crippen LogP contribution in [0.1, 0.15) is 38.7 Å². The van der Waals surface area contributed by atoms with Gasteiger partial charge in [0.05, 0.1) is 5.92 Å². The quantitative estimate of drug-likeness (QED) is 0.733. The Morgan fingerprint density at radius 2 is 2.04 bits per heavy atom. The van der Waals surface area contributed by atoms with Crippen LogP contribution < -0.4 is 11.1 Å². The van der Waals surface area contributed by atoms with Gasteiger partial charge in [0.1, 0.15) is 0 Å². The van der Waals surface area contributed by atoms with E-state index >= 15 is 0 Å². The SMILES string of the molecule is CC(C)CNC(=O)N1CCCC(C(=O)N(CCCN)Cc2ccccc2)C1. The number of nitrogens with one attached hydrogen (secondary N) is 1. The summed E-state index contributed by atoms with van der Waals surface area (Å²) in [6.45, 7) is 7.82. The summed E-state index contributed by atoms with van der Waals surface area (Å²) < 4.78 is 0. The number of rotatable bonds is 8. The molecule has 27 heavy (non-hydrogen) atoms. The van der Waals surface area contributed by atoms with Crippen molar-refractivity contribution in [3.8, 4) is 0 Å². The van der Waals surface area contributed by atoms with E-state index in [1.807, 2.05) is 35.2 Å².